The van der Waals surface area contributed by atoms with E-state index in [1.54, 1.807) is 30.3 Å². The molecule has 1 saturated carbocycles. The minimum atomic E-state index is -0.261. The van der Waals surface area contributed by atoms with E-state index in [-0.39, 0.29) is 11.7 Å². The largest absolute Gasteiger partial charge is 0.461 e. The molecule has 4 nitrogen and oxygen atoms in total. The fourth-order valence-electron chi connectivity index (χ4n) is 2.53. The van der Waals surface area contributed by atoms with Crippen LogP contribution < -0.4 is 5.32 Å². The Morgan fingerprint density at radius 3 is 2.74 bits per heavy atom. The molecule has 1 aliphatic carbocycles. The molecule has 0 radical (unpaired) electrons. The SMILES string of the molecule is CC(=O)c1cccc(NC(=O)/C=C/c2ccc([C@H]3C[C@H]3C)o2)c1. The predicted octanol–water partition coefficient (Wildman–Crippen LogP) is 4.26. The minimum Gasteiger partial charge on any atom is -0.461 e. The van der Waals surface area contributed by atoms with Crippen molar-refractivity contribution < 1.29 is 14.0 Å². The summed E-state index contributed by atoms with van der Waals surface area (Å²) in [6, 6.07) is 10.7. The molecule has 1 N–H and O–H groups in total. The van der Waals surface area contributed by atoms with Crippen molar-refractivity contribution in [3.05, 3.63) is 59.6 Å². The molecule has 1 heterocycles. The highest BCUT2D eigenvalue weighted by Gasteiger charge is 2.36. The Labute approximate surface area is 135 Å². The van der Waals surface area contributed by atoms with Gasteiger partial charge in [0.25, 0.3) is 0 Å². The molecule has 1 fully saturated rings. The molecule has 23 heavy (non-hydrogen) atoms. The molecule has 3 rings (SSSR count). The van der Waals surface area contributed by atoms with Gasteiger partial charge in [-0.2, -0.15) is 0 Å². The number of hydrogen-bond donors (Lipinski definition) is 1. The third-order valence-electron chi connectivity index (χ3n) is 4.06. The average molecular weight is 309 g/mol. The highest BCUT2D eigenvalue weighted by atomic mass is 16.3. The summed E-state index contributed by atoms with van der Waals surface area (Å²) in [5.74, 6) is 2.59. The van der Waals surface area contributed by atoms with Crippen molar-refractivity contribution in [1.82, 2.24) is 0 Å². The zero-order valence-electron chi connectivity index (χ0n) is 13.2. The Morgan fingerprint density at radius 1 is 1.26 bits per heavy atom. The number of rotatable bonds is 5. The third-order valence-corrected chi connectivity index (χ3v) is 4.06. The molecule has 1 aromatic heterocycles. The monoisotopic (exact) mass is 309 g/mol. The van der Waals surface area contributed by atoms with E-state index in [9.17, 15) is 9.59 Å². The molecule has 1 aromatic carbocycles. The summed E-state index contributed by atoms with van der Waals surface area (Å²) in [7, 11) is 0. The Kier molecular flexibility index (Phi) is 4.15. The predicted molar refractivity (Wildman–Crippen MR) is 89.3 cm³/mol. The maximum Gasteiger partial charge on any atom is 0.248 e. The molecule has 0 bridgehead atoms. The van der Waals surface area contributed by atoms with E-state index in [4.69, 9.17) is 4.42 Å². The van der Waals surface area contributed by atoms with Crippen molar-refractivity contribution in [1.29, 1.82) is 0 Å². The van der Waals surface area contributed by atoms with E-state index >= 15 is 0 Å². The lowest BCUT2D eigenvalue weighted by molar-refractivity contribution is -0.111. The molecule has 2 aromatic rings. The van der Waals surface area contributed by atoms with Crippen molar-refractivity contribution in [2.24, 2.45) is 5.92 Å². The maximum atomic E-state index is 11.9. The van der Waals surface area contributed by atoms with Crippen molar-refractivity contribution >= 4 is 23.5 Å². The number of ketones is 1. The summed E-state index contributed by atoms with van der Waals surface area (Å²) in [6.45, 7) is 3.70. The van der Waals surface area contributed by atoms with Crippen LogP contribution in [0.2, 0.25) is 0 Å². The first-order valence-electron chi connectivity index (χ1n) is 7.73. The van der Waals surface area contributed by atoms with Gasteiger partial charge in [0.1, 0.15) is 11.5 Å². The third kappa shape index (κ3) is 3.77. The summed E-state index contributed by atoms with van der Waals surface area (Å²) in [5, 5.41) is 2.74. The van der Waals surface area contributed by atoms with Crippen molar-refractivity contribution in [3.63, 3.8) is 0 Å². The van der Waals surface area contributed by atoms with Crippen LogP contribution in [-0.4, -0.2) is 11.7 Å². The standard InChI is InChI=1S/C19H19NO3/c1-12-10-17(12)18-8-6-16(23-18)7-9-19(22)20-15-5-3-4-14(11-15)13(2)21/h3-9,11-12,17H,10H2,1-2H3,(H,20,22)/b9-7+/t12-,17+/m1/s1. The van der Waals surface area contributed by atoms with Gasteiger partial charge in [-0.1, -0.05) is 19.1 Å². The van der Waals surface area contributed by atoms with Gasteiger partial charge in [0, 0.05) is 23.2 Å². The second-order valence-corrected chi connectivity index (χ2v) is 6.02. The topological polar surface area (TPSA) is 59.3 Å². The quantitative estimate of drug-likeness (QED) is 0.663. The first kappa shape index (κ1) is 15.3. The van der Waals surface area contributed by atoms with Gasteiger partial charge in [0.05, 0.1) is 0 Å². The van der Waals surface area contributed by atoms with Crippen molar-refractivity contribution in [3.8, 4) is 0 Å². The summed E-state index contributed by atoms with van der Waals surface area (Å²) < 4.78 is 5.72. The lowest BCUT2D eigenvalue weighted by Gasteiger charge is -2.03. The lowest BCUT2D eigenvalue weighted by Crippen LogP contribution is -2.08. The van der Waals surface area contributed by atoms with Gasteiger partial charge in [-0.25, -0.2) is 0 Å². The smallest absolute Gasteiger partial charge is 0.248 e. The van der Waals surface area contributed by atoms with Crippen LogP contribution in [0.15, 0.2) is 46.9 Å². The number of nitrogens with one attached hydrogen (secondary N) is 1. The number of benzene rings is 1. The van der Waals surface area contributed by atoms with Crippen LogP contribution in [0, 0.1) is 5.92 Å². The van der Waals surface area contributed by atoms with Gasteiger partial charge in [0.15, 0.2) is 5.78 Å². The Hall–Kier alpha value is -2.62. The van der Waals surface area contributed by atoms with E-state index in [0.717, 1.165) is 5.76 Å². The zero-order chi connectivity index (χ0) is 16.4. The van der Waals surface area contributed by atoms with Gasteiger partial charge in [-0.3, -0.25) is 9.59 Å². The first-order chi connectivity index (χ1) is 11.0. The molecule has 1 amide bonds. The summed E-state index contributed by atoms with van der Waals surface area (Å²) >= 11 is 0. The van der Waals surface area contributed by atoms with Crippen molar-refractivity contribution in [2.75, 3.05) is 5.32 Å². The van der Waals surface area contributed by atoms with Gasteiger partial charge in [-0.15, -0.1) is 0 Å². The zero-order valence-corrected chi connectivity index (χ0v) is 13.2. The lowest BCUT2D eigenvalue weighted by atomic mass is 10.1. The average Bonchev–Trinajstić information content (AvgIpc) is 3.07. The summed E-state index contributed by atoms with van der Waals surface area (Å²) in [6.07, 6.45) is 4.25. The maximum absolute atomic E-state index is 11.9. The molecule has 1 aliphatic rings. The van der Waals surface area contributed by atoms with Crippen LogP contribution in [0.4, 0.5) is 5.69 Å². The molecule has 0 spiro atoms. The molecular weight excluding hydrogens is 290 g/mol. The fourth-order valence-corrected chi connectivity index (χ4v) is 2.53. The number of furan rings is 1. The first-order valence-corrected chi connectivity index (χ1v) is 7.73. The van der Waals surface area contributed by atoms with Crippen LogP contribution >= 0.6 is 0 Å². The van der Waals surface area contributed by atoms with Crippen LogP contribution in [-0.2, 0) is 4.79 Å². The number of anilines is 1. The van der Waals surface area contributed by atoms with Crippen molar-refractivity contribution in [2.45, 2.75) is 26.2 Å². The van der Waals surface area contributed by atoms with Gasteiger partial charge in [-0.05, 0) is 49.6 Å². The van der Waals surface area contributed by atoms with E-state index in [0.29, 0.717) is 28.8 Å². The Bertz CT molecular complexity index is 772. The Morgan fingerprint density at radius 2 is 2.04 bits per heavy atom. The van der Waals surface area contributed by atoms with E-state index in [1.165, 1.54) is 19.4 Å². The number of Topliss-reactive ketones (excluding diaryl/α,β-unsaturated/α-hetero) is 1. The minimum absolute atomic E-state index is 0.0333. The normalized spacial score (nSPS) is 19.7. The van der Waals surface area contributed by atoms with Crippen LogP contribution in [0.25, 0.3) is 6.08 Å². The van der Waals surface area contributed by atoms with Crippen LogP contribution in [0.3, 0.4) is 0 Å². The number of carbonyl (C=O) groups excluding carboxylic acids is 2. The van der Waals surface area contributed by atoms with Gasteiger partial charge in [0.2, 0.25) is 5.91 Å². The van der Waals surface area contributed by atoms with Crippen LogP contribution in [0.5, 0.6) is 0 Å². The molecular formula is C19H19NO3. The highest BCUT2D eigenvalue weighted by molar-refractivity contribution is 6.03. The Balaban J connectivity index is 1.61. The second-order valence-electron chi connectivity index (χ2n) is 6.02. The molecule has 0 aliphatic heterocycles. The summed E-state index contributed by atoms with van der Waals surface area (Å²) in [4.78, 5) is 23.3. The van der Waals surface area contributed by atoms with Gasteiger partial charge < -0.3 is 9.73 Å². The van der Waals surface area contributed by atoms with E-state index in [2.05, 4.69) is 12.2 Å². The van der Waals surface area contributed by atoms with E-state index in [1.807, 2.05) is 12.1 Å². The second kappa shape index (κ2) is 6.24. The molecule has 4 heteroatoms. The number of hydrogen-bond acceptors (Lipinski definition) is 3. The summed E-state index contributed by atoms with van der Waals surface area (Å²) in [5.41, 5.74) is 1.17. The van der Waals surface area contributed by atoms with Gasteiger partial charge >= 0.3 is 0 Å². The molecule has 2 atom stereocenters. The molecule has 118 valence electrons. The van der Waals surface area contributed by atoms with Crippen LogP contribution in [0.1, 0.15) is 48.1 Å². The molecule has 0 unspecified atom stereocenters. The van der Waals surface area contributed by atoms with E-state index < -0.39 is 0 Å². The molecule has 0 saturated heterocycles. The number of amides is 1. The number of carbonyl (C=O) groups is 2. The highest BCUT2D eigenvalue weighted by Crippen LogP contribution is 2.47. The fraction of sp³-hybridized carbons (Fsp3) is 0.263.